The molecule has 0 heterocycles. The molecular formula is H6Na2O6P2. The van der Waals surface area contributed by atoms with Gasteiger partial charge in [-0.3, -0.25) is 0 Å². The standard InChI is InChI=1S/2Na.H4O6P2.2H/c;;1-7(2)6-8(3,4)5;;/h;;1-2H,(H2,3,4,5);;/q2*+1;;2*-1. The van der Waals surface area contributed by atoms with Crippen LogP contribution in [-0.2, 0) is 8.88 Å². The summed E-state index contributed by atoms with van der Waals surface area (Å²) in [6.45, 7) is 0. The molecule has 0 amide bonds. The first-order valence-electron chi connectivity index (χ1n) is 1.35. The van der Waals surface area contributed by atoms with E-state index in [-0.39, 0.29) is 62.0 Å². The predicted octanol–water partition coefficient (Wildman–Crippen LogP) is -6.46. The van der Waals surface area contributed by atoms with Crippen molar-refractivity contribution in [3.05, 3.63) is 0 Å². The van der Waals surface area contributed by atoms with E-state index in [2.05, 4.69) is 4.31 Å². The van der Waals surface area contributed by atoms with E-state index in [1.54, 1.807) is 0 Å². The zero-order valence-electron chi connectivity index (χ0n) is 7.50. The van der Waals surface area contributed by atoms with Crippen LogP contribution in [0.4, 0.5) is 0 Å². The predicted molar refractivity (Wildman–Crippen MR) is 26.7 cm³/mol. The van der Waals surface area contributed by atoms with Gasteiger partial charge in [-0.1, -0.05) is 0 Å². The van der Waals surface area contributed by atoms with Crippen LogP contribution in [0.5, 0.6) is 0 Å². The number of hydrogen-bond donors (Lipinski definition) is 4. The molecule has 0 rings (SSSR count). The Morgan fingerprint density at radius 2 is 1.60 bits per heavy atom. The molecule has 0 atom stereocenters. The number of hydrogen-bond acceptors (Lipinski definition) is 4. The Balaban J connectivity index is -0.0000000408. The van der Waals surface area contributed by atoms with Gasteiger partial charge in [-0.25, -0.2) is 8.88 Å². The van der Waals surface area contributed by atoms with Crippen LogP contribution in [0.1, 0.15) is 2.85 Å². The van der Waals surface area contributed by atoms with Crippen molar-refractivity contribution in [2.45, 2.75) is 0 Å². The molecule has 54 valence electrons. The normalized spacial score (nSPS) is 10.1. The third kappa shape index (κ3) is 16.8. The summed E-state index contributed by atoms with van der Waals surface area (Å²) in [5, 5.41) is 0. The molecule has 10 heavy (non-hydrogen) atoms. The summed E-state index contributed by atoms with van der Waals surface area (Å²) in [5.74, 6) is 0. The minimum atomic E-state index is -4.69. The summed E-state index contributed by atoms with van der Waals surface area (Å²) in [5.41, 5.74) is 0. The van der Waals surface area contributed by atoms with Gasteiger partial charge < -0.3 is 22.4 Å². The summed E-state index contributed by atoms with van der Waals surface area (Å²) >= 11 is 0. The van der Waals surface area contributed by atoms with Gasteiger partial charge in [-0.05, 0) is 0 Å². The molecule has 0 fully saturated rings. The van der Waals surface area contributed by atoms with Gasteiger partial charge >= 0.3 is 75.5 Å². The Labute approximate surface area is 106 Å². The van der Waals surface area contributed by atoms with Gasteiger partial charge in [0.2, 0.25) is 0 Å². The molecule has 0 aliphatic carbocycles. The molecule has 0 aromatic carbocycles. The van der Waals surface area contributed by atoms with E-state index in [9.17, 15) is 4.57 Å². The Kier molecular flexibility index (Phi) is 14.8. The van der Waals surface area contributed by atoms with Gasteiger partial charge in [0.05, 0.1) is 0 Å². The first-order valence-corrected chi connectivity index (χ1v) is 4.04. The van der Waals surface area contributed by atoms with Crippen molar-refractivity contribution in [2.75, 3.05) is 0 Å². The molecule has 0 spiro atoms. The van der Waals surface area contributed by atoms with E-state index in [1.807, 2.05) is 0 Å². The van der Waals surface area contributed by atoms with Crippen molar-refractivity contribution in [2.24, 2.45) is 0 Å². The van der Waals surface area contributed by atoms with Crippen molar-refractivity contribution >= 4 is 16.4 Å². The number of phosphoric acid groups is 1. The average molecular weight is 210 g/mol. The van der Waals surface area contributed by atoms with E-state index < -0.39 is 16.4 Å². The van der Waals surface area contributed by atoms with Gasteiger partial charge in [-0.15, -0.1) is 0 Å². The molecule has 0 unspecified atom stereocenters. The van der Waals surface area contributed by atoms with Crippen molar-refractivity contribution in [1.29, 1.82) is 0 Å². The Hall–Kier alpha value is 2.46. The first kappa shape index (κ1) is 18.3. The van der Waals surface area contributed by atoms with Crippen LogP contribution in [0, 0.1) is 0 Å². The third-order valence-corrected chi connectivity index (χ3v) is 1.61. The van der Waals surface area contributed by atoms with Crippen LogP contribution >= 0.6 is 16.4 Å². The van der Waals surface area contributed by atoms with Gasteiger partial charge in [0, 0.05) is 0 Å². The second-order valence-electron chi connectivity index (χ2n) is 0.825. The molecule has 4 N–H and O–H groups in total. The Morgan fingerprint density at radius 3 is 1.60 bits per heavy atom. The maximum Gasteiger partial charge on any atom is 1.00 e. The van der Waals surface area contributed by atoms with Crippen molar-refractivity contribution in [3.8, 4) is 0 Å². The van der Waals surface area contributed by atoms with Gasteiger partial charge in [0.1, 0.15) is 0 Å². The Morgan fingerprint density at radius 1 is 1.30 bits per heavy atom. The minimum Gasteiger partial charge on any atom is -1.00 e. The fourth-order valence-corrected chi connectivity index (χ4v) is 0.856. The molecular weight excluding hydrogens is 204 g/mol. The van der Waals surface area contributed by atoms with Gasteiger partial charge in [-0.2, -0.15) is 0 Å². The summed E-state index contributed by atoms with van der Waals surface area (Å²) in [6.07, 6.45) is 0. The van der Waals surface area contributed by atoms with E-state index in [4.69, 9.17) is 19.6 Å². The van der Waals surface area contributed by atoms with E-state index in [0.717, 1.165) is 0 Å². The van der Waals surface area contributed by atoms with Crippen LogP contribution in [0.25, 0.3) is 0 Å². The smallest absolute Gasteiger partial charge is 1.00 e. The quantitative estimate of drug-likeness (QED) is 0.266. The van der Waals surface area contributed by atoms with Gasteiger partial charge in [0.15, 0.2) is 0 Å². The van der Waals surface area contributed by atoms with Crippen LogP contribution < -0.4 is 59.1 Å². The van der Waals surface area contributed by atoms with E-state index in [0.29, 0.717) is 0 Å². The monoisotopic (exact) mass is 210 g/mol. The molecule has 0 aliphatic rings. The molecule has 0 saturated carbocycles. The second-order valence-corrected chi connectivity index (χ2v) is 2.96. The maximum absolute atomic E-state index is 9.61. The third-order valence-electron chi connectivity index (χ3n) is 0.179. The zero-order valence-corrected chi connectivity index (χ0v) is 11.3. The van der Waals surface area contributed by atoms with E-state index >= 15 is 0 Å². The summed E-state index contributed by atoms with van der Waals surface area (Å²) in [4.78, 5) is 31.1. The Bertz CT molecular complexity index is 114. The second kappa shape index (κ2) is 8.08. The molecule has 0 saturated heterocycles. The van der Waals surface area contributed by atoms with Gasteiger partial charge in [0.25, 0.3) is 0 Å². The van der Waals surface area contributed by atoms with Crippen LogP contribution in [-0.4, -0.2) is 19.6 Å². The van der Waals surface area contributed by atoms with E-state index in [1.165, 1.54) is 0 Å². The van der Waals surface area contributed by atoms with Crippen LogP contribution in [0.15, 0.2) is 0 Å². The zero-order chi connectivity index (χ0) is 6.78. The number of rotatable bonds is 2. The molecule has 10 heteroatoms. The van der Waals surface area contributed by atoms with Crippen molar-refractivity contribution < 1.29 is 90.4 Å². The molecule has 0 aromatic rings. The van der Waals surface area contributed by atoms with Crippen molar-refractivity contribution in [1.82, 2.24) is 0 Å². The molecule has 0 radical (unpaired) electrons. The van der Waals surface area contributed by atoms with Crippen LogP contribution in [0.3, 0.4) is 0 Å². The summed E-state index contributed by atoms with van der Waals surface area (Å²) in [6, 6.07) is 0. The maximum atomic E-state index is 9.61. The largest absolute Gasteiger partial charge is 1.00 e. The molecule has 6 nitrogen and oxygen atoms in total. The fraction of sp³-hybridized carbons (Fsp3) is 0. The molecule has 0 aromatic heterocycles. The summed E-state index contributed by atoms with van der Waals surface area (Å²) in [7, 11) is -7.64. The summed E-state index contributed by atoms with van der Waals surface area (Å²) < 4.78 is 12.9. The topological polar surface area (TPSA) is 107 Å². The minimum absolute atomic E-state index is 0. The SMILES string of the molecule is O=P(O)(O)OP(O)O.[H-].[H-].[Na+].[Na+]. The fourth-order valence-electron chi connectivity index (χ4n) is 0.0951. The van der Waals surface area contributed by atoms with Crippen molar-refractivity contribution in [3.63, 3.8) is 0 Å². The first-order chi connectivity index (χ1) is 3.42. The molecule has 0 bridgehead atoms. The average Bonchev–Trinajstić information content (AvgIpc) is 1.21. The molecule has 0 aliphatic heterocycles. The van der Waals surface area contributed by atoms with Crippen LogP contribution in [0.2, 0.25) is 0 Å².